The van der Waals surface area contributed by atoms with Gasteiger partial charge in [-0.2, -0.15) is 0 Å². The lowest BCUT2D eigenvalue weighted by molar-refractivity contribution is 0.395. The van der Waals surface area contributed by atoms with Crippen LogP contribution in [0.25, 0.3) is 0 Å². The minimum absolute atomic E-state index is 0.216. The molecule has 0 aromatic carbocycles. The summed E-state index contributed by atoms with van der Waals surface area (Å²) in [6.07, 6.45) is 2.42. The minimum atomic E-state index is 0.216. The van der Waals surface area contributed by atoms with Crippen LogP contribution >= 0.6 is 43.9 Å². The topological polar surface area (TPSA) is 0 Å². The molecule has 3 heteroatoms. The summed E-state index contributed by atoms with van der Waals surface area (Å²) in [6.45, 7) is 8.95. The van der Waals surface area contributed by atoms with Gasteiger partial charge in [-0.3, -0.25) is 0 Å². The fourth-order valence-electron chi connectivity index (χ4n) is 0.888. The first kappa shape index (κ1) is 16.2. The van der Waals surface area contributed by atoms with Crippen molar-refractivity contribution in [2.75, 3.05) is 16.2 Å². The first-order chi connectivity index (χ1) is 6.83. The van der Waals surface area contributed by atoms with E-state index in [0.717, 1.165) is 11.8 Å². The van der Waals surface area contributed by atoms with Crippen LogP contribution in [0.3, 0.4) is 0 Å². The molecule has 15 heavy (non-hydrogen) atoms. The first-order valence-corrected chi connectivity index (χ1v) is 9.18. The number of hydrogen-bond donors (Lipinski definition) is 0. The van der Waals surface area contributed by atoms with Gasteiger partial charge in [0.05, 0.1) is 0 Å². The van der Waals surface area contributed by atoms with E-state index >= 15 is 0 Å². The average molecular weight is 365 g/mol. The van der Waals surface area contributed by atoms with Gasteiger partial charge < -0.3 is 0 Å². The zero-order chi connectivity index (χ0) is 11.9. The largest absolute Gasteiger partial charge is 0.127 e. The van der Waals surface area contributed by atoms with E-state index in [-0.39, 0.29) is 20.7 Å². The normalized spacial score (nSPS) is 14.3. The van der Waals surface area contributed by atoms with Gasteiger partial charge in [0.15, 0.2) is 0 Å². The summed E-state index contributed by atoms with van der Waals surface area (Å²) < 4.78 is 3.78. The van der Waals surface area contributed by atoms with Crippen LogP contribution in [0.5, 0.6) is 0 Å². The maximum atomic E-state index is 5.89. The predicted octanol–water partition coefficient (Wildman–Crippen LogP) is 5.07. The molecule has 0 aromatic heterocycles. The second kappa shape index (κ2) is 7.50. The molecular weight excluding hydrogens is 342 g/mol. The molecule has 0 saturated carbocycles. The highest BCUT2D eigenvalue weighted by molar-refractivity contribution is 14.2. The summed E-state index contributed by atoms with van der Waals surface area (Å²) in [5, 5.41) is 0. The van der Waals surface area contributed by atoms with Gasteiger partial charge in [-0.05, 0) is 23.7 Å². The van der Waals surface area contributed by atoms with Crippen molar-refractivity contribution < 1.29 is 0 Å². The monoisotopic (exact) mass is 364 g/mol. The molecule has 92 valence electrons. The highest BCUT2D eigenvalue weighted by Crippen LogP contribution is 2.25. The molecular formula is C12H23Cl2I. The maximum Gasteiger partial charge on any atom is 0.0281 e. The Kier molecular flexibility index (Phi) is 8.08. The standard InChI is InChI=1S/C12H23Cl2I/c1-11(2,8-13)6-5-7-15-10-12(3,4)9-14/h7H,5-6,8-10H2,1-4H3. The molecule has 0 saturated heterocycles. The van der Waals surface area contributed by atoms with Gasteiger partial charge in [-0.15, -0.1) is 43.9 Å². The van der Waals surface area contributed by atoms with Crippen LogP contribution in [0.15, 0.2) is 0 Å². The first-order valence-electron chi connectivity index (χ1n) is 5.34. The van der Waals surface area contributed by atoms with Crippen molar-refractivity contribution in [3.8, 4) is 0 Å². The molecule has 0 bridgehead atoms. The Bertz CT molecular complexity index is 198. The van der Waals surface area contributed by atoms with E-state index in [9.17, 15) is 0 Å². The van der Waals surface area contributed by atoms with Gasteiger partial charge in [0.1, 0.15) is 0 Å². The quantitative estimate of drug-likeness (QED) is 0.437. The Morgan fingerprint density at radius 1 is 1.00 bits per heavy atom. The lowest BCUT2D eigenvalue weighted by Crippen LogP contribution is -2.15. The molecule has 0 N–H and O–H groups in total. The SMILES string of the molecule is CC(C)(CCl)CCC=ICC(C)(C)CCl. The number of halogens is 3. The van der Waals surface area contributed by atoms with Crippen molar-refractivity contribution in [3.63, 3.8) is 0 Å². The third kappa shape index (κ3) is 8.93. The number of alkyl halides is 3. The summed E-state index contributed by atoms with van der Waals surface area (Å²) in [7, 11) is 0. The Labute approximate surface area is 115 Å². The van der Waals surface area contributed by atoms with Crippen LogP contribution in [0, 0.1) is 10.8 Å². The molecule has 0 fully saturated rings. The fraction of sp³-hybridized carbons (Fsp3) is 0.917. The van der Waals surface area contributed by atoms with Crippen LogP contribution in [0.4, 0.5) is 0 Å². The zero-order valence-electron chi connectivity index (χ0n) is 10.2. The van der Waals surface area contributed by atoms with Crippen molar-refractivity contribution in [1.82, 2.24) is 0 Å². The Morgan fingerprint density at radius 3 is 2.00 bits per heavy atom. The molecule has 0 radical (unpaired) electrons. The molecule has 0 unspecified atom stereocenters. The van der Waals surface area contributed by atoms with Crippen molar-refractivity contribution in [2.24, 2.45) is 10.8 Å². The second-order valence-corrected chi connectivity index (χ2v) is 8.64. The Hall–Kier alpha value is 1.18. The molecule has 0 rings (SSSR count). The van der Waals surface area contributed by atoms with Crippen LogP contribution in [-0.4, -0.2) is 20.2 Å². The van der Waals surface area contributed by atoms with E-state index in [1.807, 2.05) is 0 Å². The van der Waals surface area contributed by atoms with Gasteiger partial charge in [-0.25, -0.2) is 0 Å². The smallest absolute Gasteiger partial charge is 0.0281 e. The van der Waals surface area contributed by atoms with Crippen LogP contribution in [0.1, 0.15) is 40.5 Å². The van der Waals surface area contributed by atoms with Crippen molar-refractivity contribution >= 4 is 47.9 Å². The molecule has 0 amide bonds. The summed E-state index contributed by atoms with van der Waals surface area (Å²) in [5.74, 6) is 1.53. The third-order valence-corrected chi connectivity index (χ3v) is 7.40. The van der Waals surface area contributed by atoms with Gasteiger partial charge in [0.2, 0.25) is 0 Å². The molecule has 0 aliphatic rings. The summed E-state index contributed by atoms with van der Waals surface area (Å²) in [4.78, 5) is 0. The van der Waals surface area contributed by atoms with E-state index in [4.69, 9.17) is 23.2 Å². The van der Waals surface area contributed by atoms with Crippen molar-refractivity contribution in [1.29, 1.82) is 0 Å². The lowest BCUT2D eigenvalue weighted by atomic mass is 9.91. The Morgan fingerprint density at radius 2 is 1.53 bits per heavy atom. The molecule has 0 spiro atoms. The highest BCUT2D eigenvalue weighted by Gasteiger charge is 2.15. The van der Waals surface area contributed by atoms with E-state index < -0.39 is 0 Å². The van der Waals surface area contributed by atoms with E-state index in [1.54, 1.807) is 0 Å². The van der Waals surface area contributed by atoms with Crippen molar-refractivity contribution in [3.05, 3.63) is 0 Å². The molecule has 0 aliphatic heterocycles. The predicted molar refractivity (Wildman–Crippen MR) is 83.2 cm³/mol. The van der Waals surface area contributed by atoms with Gasteiger partial charge in [0, 0.05) is 16.2 Å². The number of hydrogen-bond acceptors (Lipinski definition) is 0. The molecule has 0 aliphatic carbocycles. The van der Waals surface area contributed by atoms with Gasteiger partial charge in [-0.1, -0.05) is 31.7 Å². The van der Waals surface area contributed by atoms with Crippen LogP contribution in [0.2, 0.25) is 0 Å². The van der Waals surface area contributed by atoms with Gasteiger partial charge >= 0.3 is 0 Å². The van der Waals surface area contributed by atoms with Gasteiger partial charge in [0.25, 0.3) is 0 Å². The molecule has 0 nitrogen and oxygen atoms in total. The van der Waals surface area contributed by atoms with Crippen molar-refractivity contribution in [2.45, 2.75) is 40.5 Å². The molecule has 0 aromatic rings. The Balaban J connectivity index is 3.74. The summed E-state index contributed by atoms with van der Waals surface area (Å²) >= 11 is 12.0. The van der Waals surface area contributed by atoms with Crippen LogP contribution < -0.4 is 0 Å². The third-order valence-electron chi connectivity index (χ3n) is 2.20. The average Bonchev–Trinajstić information content (AvgIpc) is 2.17. The number of rotatable bonds is 7. The fourth-order valence-corrected chi connectivity index (χ4v) is 3.96. The summed E-state index contributed by atoms with van der Waals surface area (Å²) in [6, 6.07) is 0. The second-order valence-electron chi connectivity index (χ2n) is 5.58. The zero-order valence-corrected chi connectivity index (χ0v) is 13.9. The summed E-state index contributed by atoms with van der Waals surface area (Å²) in [5.41, 5.74) is 0.622. The minimum Gasteiger partial charge on any atom is -0.127 e. The van der Waals surface area contributed by atoms with Crippen LogP contribution in [-0.2, 0) is 0 Å². The molecule has 0 atom stereocenters. The lowest BCUT2D eigenvalue weighted by Gasteiger charge is -2.20. The highest BCUT2D eigenvalue weighted by atomic mass is 127. The van der Waals surface area contributed by atoms with E-state index in [1.165, 1.54) is 17.3 Å². The van der Waals surface area contributed by atoms with E-state index in [2.05, 4.69) is 31.7 Å². The molecule has 0 heterocycles. The van der Waals surface area contributed by atoms with E-state index in [0.29, 0.717) is 10.8 Å². The maximum absolute atomic E-state index is 5.89.